The van der Waals surface area contributed by atoms with Gasteiger partial charge in [0.2, 0.25) is 0 Å². The zero-order chi connectivity index (χ0) is 0. The summed E-state index contributed by atoms with van der Waals surface area (Å²) in [6, 6.07) is 0. The predicted octanol–water partition coefficient (Wildman–Crippen LogP) is 0.645. The normalized spacial score (nSPS) is 0. The maximum atomic E-state index is 0. The molecule has 0 aliphatic heterocycles. The van der Waals surface area contributed by atoms with Gasteiger partial charge in [-0.15, -0.1) is 0 Å². The molecule has 0 fully saturated rings. The summed E-state index contributed by atoms with van der Waals surface area (Å²) in [7, 11) is 0. The van der Waals surface area contributed by atoms with Gasteiger partial charge in [0, 0.05) is 21.1 Å². The van der Waals surface area contributed by atoms with Crippen LogP contribution in [0.5, 0.6) is 0 Å². The van der Waals surface area contributed by atoms with Gasteiger partial charge >= 0.3 is 0 Å². The molecule has 0 rings (SSSR count). The number of hydrogen-bond donors (Lipinski definition) is 4. The molecule has 5 heteroatoms. The third kappa shape index (κ3) is 104. The molecule has 0 amide bonds. The van der Waals surface area contributed by atoms with Gasteiger partial charge in [0.1, 0.15) is 0 Å². The van der Waals surface area contributed by atoms with Gasteiger partial charge < -0.3 is 24.6 Å². The molecular weight excluding hydrogens is 251 g/mol. The van der Waals surface area contributed by atoms with Gasteiger partial charge in [0.05, 0.1) is 0 Å². The smallest absolute Gasteiger partial charge is 0 e. The van der Waals surface area contributed by atoms with Gasteiger partial charge in [-0.1, -0.05) is 0 Å². The third-order valence-electron chi connectivity index (χ3n) is 0. The maximum Gasteiger partial charge on any atom is 0 e. The first-order valence-electron chi connectivity index (χ1n) is 0. The van der Waals surface area contributed by atoms with E-state index in [1.165, 1.54) is 0 Å². The van der Waals surface area contributed by atoms with Crippen molar-refractivity contribution in [1.29, 1.82) is 0 Å². The Kier molecular flexibility index (Phi) is 16400. The summed E-state index contributed by atoms with van der Waals surface area (Å²) in [6.45, 7) is 0. The number of rotatable bonds is 0. The largest absolute Gasteiger partial charge is 0.344 e. The van der Waals surface area contributed by atoms with Crippen molar-refractivity contribution in [3.05, 3.63) is 0 Å². The van der Waals surface area contributed by atoms with E-state index in [1.54, 1.807) is 0 Å². The van der Waals surface area contributed by atoms with Crippen molar-refractivity contribution in [2.75, 3.05) is 0 Å². The first-order chi connectivity index (χ1) is 0. The van der Waals surface area contributed by atoms with Crippen molar-refractivity contribution in [2.24, 2.45) is 0 Å². The van der Waals surface area contributed by atoms with Crippen LogP contribution in [-0.4, -0.2) is 0 Å². The molecule has 0 spiro atoms. The molecule has 0 unspecified atom stereocenters. The van der Waals surface area contributed by atoms with Crippen LogP contribution in [0.3, 0.4) is 0 Å². The van der Waals surface area contributed by atoms with E-state index >= 15 is 0 Å². The fraction of sp³-hybridized carbons (Fsp3) is 0. The van der Waals surface area contributed by atoms with Crippen molar-refractivity contribution < 1.29 is 21.1 Å². The quantitative estimate of drug-likeness (QED) is 0.509. The summed E-state index contributed by atoms with van der Waals surface area (Å²) < 4.78 is 0. The molecule has 0 aromatic rings. The van der Waals surface area contributed by atoms with Gasteiger partial charge in [-0.3, -0.25) is 0 Å². The van der Waals surface area contributed by atoms with E-state index in [1.807, 2.05) is 0 Å². The van der Waals surface area contributed by atoms with Gasteiger partial charge in [-0.2, -0.15) is 0 Å². The molecule has 4 nitrogen and oxygen atoms in total. The van der Waals surface area contributed by atoms with E-state index in [-0.39, 0.29) is 45.7 Å². The Hall–Kier alpha value is 0.528. The minimum Gasteiger partial charge on any atom is -0.344 e. The molecule has 0 aromatic heterocycles. The van der Waals surface area contributed by atoms with Gasteiger partial charge in [-0.05, 0) is 0 Å². The Bertz CT molecular complexity index is 3.61. The first-order valence-corrected chi connectivity index (χ1v) is 0. The van der Waals surface area contributed by atoms with Crippen LogP contribution in [0.4, 0.5) is 0 Å². The van der Waals surface area contributed by atoms with E-state index in [2.05, 4.69) is 0 Å². The molecule has 0 bridgehead atoms. The van der Waals surface area contributed by atoms with Gasteiger partial charge in [0.25, 0.3) is 0 Å². The first kappa shape index (κ1) is 406. The molecule has 0 heterocycles. The second kappa shape index (κ2) is 202. The zero-order valence-corrected chi connectivity index (χ0v) is 5.42. The standard InChI is InChI=1S/4H3N.Pt/h4*1H3;. The molecule has 5 heavy (non-hydrogen) atoms. The average molecular weight is 263 g/mol. The Labute approximate surface area is 46.3 Å². The topological polar surface area (TPSA) is 140 Å². The fourth-order valence-corrected chi connectivity index (χ4v) is 0. The molecule has 0 atom stereocenters. The van der Waals surface area contributed by atoms with Gasteiger partial charge in [-0.25, -0.2) is 0 Å². The summed E-state index contributed by atoms with van der Waals surface area (Å²) >= 11 is 0. The monoisotopic (exact) mass is 263 g/mol. The van der Waals surface area contributed by atoms with Crippen LogP contribution in [0, 0.1) is 0 Å². The van der Waals surface area contributed by atoms with Gasteiger partial charge in [0.15, 0.2) is 0 Å². The molecule has 0 aliphatic carbocycles. The van der Waals surface area contributed by atoms with Crippen LogP contribution < -0.4 is 24.6 Å². The number of hydrogen-bond acceptors (Lipinski definition) is 4. The van der Waals surface area contributed by atoms with E-state index in [0.29, 0.717) is 0 Å². The van der Waals surface area contributed by atoms with Crippen LogP contribution in [0.25, 0.3) is 0 Å². The van der Waals surface area contributed by atoms with Crippen LogP contribution >= 0.6 is 0 Å². The Balaban J connectivity index is 0. The van der Waals surface area contributed by atoms with E-state index in [4.69, 9.17) is 0 Å². The minimum atomic E-state index is 0. The van der Waals surface area contributed by atoms with E-state index < -0.39 is 0 Å². The van der Waals surface area contributed by atoms with E-state index in [0.717, 1.165) is 0 Å². The molecule has 0 aromatic carbocycles. The molecule has 0 aliphatic rings. The van der Waals surface area contributed by atoms with Crippen molar-refractivity contribution in [2.45, 2.75) is 0 Å². The van der Waals surface area contributed by atoms with Crippen molar-refractivity contribution in [3.63, 3.8) is 0 Å². The maximum absolute atomic E-state index is 0. The Morgan fingerprint density at radius 3 is 0.400 bits per heavy atom. The van der Waals surface area contributed by atoms with Crippen LogP contribution in [0.2, 0.25) is 0 Å². The van der Waals surface area contributed by atoms with Crippen LogP contribution in [-0.2, 0) is 21.1 Å². The summed E-state index contributed by atoms with van der Waals surface area (Å²) in [6.07, 6.45) is 0. The SMILES string of the molecule is N.N.N.N.[Pt]. The minimum absolute atomic E-state index is 0. The van der Waals surface area contributed by atoms with Crippen molar-refractivity contribution in [3.8, 4) is 0 Å². The summed E-state index contributed by atoms with van der Waals surface area (Å²) in [5.74, 6) is 0. The Morgan fingerprint density at radius 1 is 0.400 bits per heavy atom. The second-order valence-corrected chi connectivity index (χ2v) is 0. The zero-order valence-electron chi connectivity index (χ0n) is 3.14. The van der Waals surface area contributed by atoms with Crippen LogP contribution in [0.1, 0.15) is 0 Å². The molecule has 0 saturated carbocycles. The molecule has 12 N–H and O–H groups in total. The second-order valence-electron chi connectivity index (χ2n) is 0. The fourth-order valence-electron chi connectivity index (χ4n) is 0. The van der Waals surface area contributed by atoms with E-state index in [9.17, 15) is 0 Å². The molecule has 42 valence electrons. The molecule has 0 radical (unpaired) electrons. The predicted molar refractivity (Wildman–Crippen MR) is 20.1 cm³/mol. The summed E-state index contributed by atoms with van der Waals surface area (Å²) in [4.78, 5) is 0. The summed E-state index contributed by atoms with van der Waals surface area (Å²) in [5, 5.41) is 0. The Morgan fingerprint density at radius 2 is 0.400 bits per heavy atom. The van der Waals surface area contributed by atoms with Crippen LogP contribution in [0.15, 0.2) is 0 Å². The van der Waals surface area contributed by atoms with Crippen molar-refractivity contribution >= 4 is 0 Å². The molecule has 0 saturated heterocycles. The molecular formula is H12N4Pt. The van der Waals surface area contributed by atoms with Crippen molar-refractivity contribution in [1.82, 2.24) is 24.6 Å². The third-order valence-corrected chi connectivity index (χ3v) is 0. The summed E-state index contributed by atoms with van der Waals surface area (Å²) in [5.41, 5.74) is 0. The average Bonchev–Trinajstić information content (AvgIpc) is 0.